The third kappa shape index (κ3) is 2.86. The monoisotopic (exact) mass is 360 g/mol. The summed E-state index contributed by atoms with van der Waals surface area (Å²) in [5, 5.41) is 2.47. The van der Waals surface area contributed by atoms with Crippen molar-refractivity contribution in [3.05, 3.63) is 47.3 Å². The molecule has 0 spiro atoms. The number of amides is 2. The quantitative estimate of drug-likeness (QED) is 0.883. The number of nitrogens with one attached hydrogen (secondary N) is 1. The van der Waals surface area contributed by atoms with Gasteiger partial charge in [0.05, 0.1) is 5.56 Å². The first-order valence-electron chi connectivity index (χ1n) is 7.53. The van der Waals surface area contributed by atoms with Crippen LogP contribution in [0.4, 0.5) is 5.95 Å². The van der Waals surface area contributed by atoms with E-state index in [4.69, 9.17) is 0 Å². The molecule has 0 fully saturated rings. The fourth-order valence-electron chi connectivity index (χ4n) is 2.69. The fraction of sp³-hybridized carbons (Fsp3) is 0.250. The maximum absolute atomic E-state index is 12.6. The van der Waals surface area contributed by atoms with Gasteiger partial charge in [-0.2, -0.15) is 0 Å². The number of benzene rings is 1. The third-order valence-electron chi connectivity index (χ3n) is 3.80. The lowest BCUT2D eigenvalue weighted by atomic mass is 10.2. The third-order valence-corrected chi connectivity index (χ3v) is 5.71. The topological polar surface area (TPSA) is 109 Å². The average molecular weight is 360 g/mol. The number of hydrogen-bond donors (Lipinski definition) is 1. The van der Waals surface area contributed by atoms with Crippen LogP contribution < -0.4 is 5.32 Å². The van der Waals surface area contributed by atoms with Crippen LogP contribution in [0.3, 0.4) is 0 Å². The first kappa shape index (κ1) is 17.0. The zero-order valence-corrected chi connectivity index (χ0v) is 14.7. The maximum Gasteiger partial charge on any atom is 0.269 e. The van der Waals surface area contributed by atoms with Crippen molar-refractivity contribution < 1.29 is 18.0 Å². The van der Waals surface area contributed by atoms with Crippen LogP contribution in [0, 0.1) is 13.8 Å². The Morgan fingerprint density at radius 1 is 1.16 bits per heavy atom. The van der Waals surface area contributed by atoms with E-state index in [1.165, 1.54) is 25.1 Å². The molecule has 0 unspecified atom stereocenters. The van der Waals surface area contributed by atoms with Gasteiger partial charge >= 0.3 is 0 Å². The van der Waals surface area contributed by atoms with Crippen molar-refractivity contribution in [2.24, 2.45) is 0 Å². The Hall–Kier alpha value is -2.81. The Balaban J connectivity index is 1.89. The van der Waals surface area contributed by atoms with Crippen LogP contribution in [0.15, 0.2) is 35.2 Å². The normalized spacial score (nSPS) is 16.4. The minimum absolute atomic E-state index is 0.0600. The molecule has 1 aliphatic rings. The van der Waals surface area contributed by atoms with E-state index < -0.39 is 27.9 Å². The second-order valence-corrected chi connectivity index (χ2v) is 7.53. The molecule has 2 aromatic rings. The van der Waals surface area contributed by atoms with E-state index in [0.717, 1.165) is 0 Å². The predicted molar refractivity (Wildman–Crippen MR) is 89.4 cm³/mol. The van der Waals surface area contributed by atoms with Gasteiger partial charge in [0.15, 0.2) is 0 Å². The molecule has 9 heteroatoms. The number of nitrogens with zero attached hydrogens (tertiary/aromatic N) is 3. The van der Waals surface area contributed by atoms with Crippen molar-refractivity contribution in [1.82, 2.24) is 14.3 Å². The molecule has 0 saturated heterocycles. The van der Waals surface area contributed by atoms with Gasteiger partial charge in [-0.3, -0.25) is 14.9 Å². The second-order valence-electron chi connectivity index (χ2n) is 5.74. The molecule has 1 aromatic carbocycles. The summed E-state index contributed by atoms with van der Waals surface area (Å²) in [5.41, 5.74) is 1.38. The molecule has 0 radical (unpaired) electrons. The Morgan fingerprint density at radius 2 is 1.76 bits per heavy atom. The van der Waals surface area contributed by atoms with Crippen LogP contribution in [0.2, 0.25) is 0 Å². The van der Waals surface area contributed by atoms with Gasteiger partial charge < -0.3 is 0 Å². The lowest BCUT2D eigenvalue weighted by Crippen LogP contribution is -2.45. The summed E-state index contributed by atoms with van der Waals surface area (Å²) in [5.74, 6) is -1.34. The molecule has 0 aliphatic carbocycles. The smallest absolute Gasteiger partial charge is 0.269 e. The van der Waals surface area contributed by atoms with Gasteiger partial charge in [0.25, 0.3) is 15.9 Å². The molecule has 8 nitrogen and oxygen atoms in total. The number of aromatic nitrogens is 2. The lowest BCUT2D eigenvalue weighted by Gasteiger charge is -2.22. The maximum atomic E-state index is 12.6. The van der Waals surface area contributed by atoms with Crippen molar-refractivity contribution >= 4 is 27.8 Å². The van der Waals surface area contributed by atoms with Crippen LogP contribution >= 0.6 is 0 Å². The minimum Gasteiger partial charge on any atom is -0.293 e. The number of aryl methyl sites for hydroxylation is 2. The van der Waals surface area contributed by atoms with Gasteiger partial charge in [-0.15, -0.1) is 0 Å². The molecular formula is C16H16N4O4S. The largest absolute Gasteiger partial charge is 0.293 e. The van der Waals surface area contributed by atoms with Crippen LogP contribution in [0.25, 0.3) is 0 Å². The Kier molecular flexibility index (Phi) is 4.03. The van der Waals surface area contributed by atoms with E-state index in [2.05, 4.69) is 15.3 Å². The van der Waals surface area contributed by atoms with E-state index in [1.54, 1.807) is 26.0 Å². The Bertz CT molecular complexity index is 967. The van der Waals surface area contributed by atoms with Crippen LogP contribution in [-0.2, 0) is 14.8 Å². The van der Waals surface area contributed by atoms with Crippen LogP contribution in [0.1, 0.15) is 28.7 Å². The summed E-state index contributed by atoms with van der Waals surface area (Å²) in [6, 6.07) is 6.37. The van der Waals surface area contributed by atoms with Crippen molar-refractivity contribution in [2.75, 3.05) is 5.32 Å². The number of carbonyl (C=O) groups is 2. The highest BCUT2D eigenvalue weighted by Crippen LogP contribution is 2.31. The molecule has 0 bridgehead atoms. The number of anilines is 1. The molecule has 0 saturated carbocycles. The predicted octanol–water partition coefficient (Wildman–Crippen LogP) is 1.27. The van der Waals surface area contributed by atoms with E-state index in [1.807, 2.05) is 0 Å². The highest BCUT2D eigenvalue weighted by molar-refractivity contribution is 7.90. The van der Waals surface area contributed by atoms with E-state index in [9.17, 15) is 18.0 Å². The molecule has 1 N–H and O–H groups in total. The van der Waals surface area contributed by atoms with Gasteiger partial charge in [-0.25, -0.2) is 22.7 Å². The SMILES string of the molecule is Cc1cc(C)nc(NC(=O)[C@@H](C)N2C(=O)c3ccccc3S2(=O)=O)n1. The first-order chi connectivity index (χ1) is 11.7. The summed E-state index contributed by atoms with van der Waals surface area (Å²) in [7, 11) is -4.07. The molecule has 2 amide bonds. The van der Waals surface area contributed by atoms with E-state index in [-0.39, 0.29) is 16.4 Å². The molecule has 25 heavy (non-hydrogen) atoms. The molecule has 1 aliphatic heterocycles. The van der Waals surface area contributed by atoms with Gasteiger partial charge in [-0.1, -0.05) is 12.1 Å². The highest BCUT2D eigenvalue weighted by Gasteiger charge is 2.45. The number of sulfonamides is 1. The summed E-state index contributed by atoms with van der Waals surface area (Å²) in [4.78, 5) is 33.0. The number of fused-ring (bicyclic) bond motifs is 1. The highest BCUT2D eigenvalue weighted by atomic mass is 32.2. The average Bonchev–Trinajstić information content (AvgIpc) is 2.73. The standard InChI is InChI=1S/C16H16N4O4S/c1-9-8-10(2)18-16(17-9)19-14(21)11(3)20-15(22)12-6-4-5-7-13(12)25(20,23)24/h4-8,11H,1-3H3,(H,17,18,19,21)/t11-/m1/s1. The summed E-state index contributed by atoms with van der Waals surface area (Å²) in [6.45, 7) is 4.84. The van der Waals surface area contributed by atoms with Gasteiger partial charge in [0.1, 0.15) is 10.9 Å². The zero-order valence-electron chi connectivity index (χ0n) is 13.8. The first-order valence-corrected chi connectivity index (χ1v) is 8.97. The second kappa shape index (κ2) is 5.92. The molecule has 1 atom stereocenters. The zero-order chi connectivity index (χ0) is 18.4. The van der Waals surface area contributed by atoms with E-state index >= 15 is 0 Å². The lowest BCUT2D eigenvalue weighted by molar-refractivity contribution is -0.118. The molecular weight excluding hydrogens is 344 g/mol. The summed E-state index contributed by atoms with van der Waals surface area (Å²) < 4.78 is 25.8. The van der Waals surface area contributed by atoms with Crippen LogP contribution in [0.5, 0.6) is 0 Å². The molecule has 1 aromatic heterocycles. The molecule has 130 valence electrons. The van der Waals surface area contributed by atoms with E-state index in [0.29, 0.717) is 15.7 Å². The van der Waals surface area contributed by atoms with Crippen molar-refractivity contribution in [1.29, 1.82) is 0 Å². The van der Waals surface area contributed by atoms with Crippen molar-refractivity contribution in [3.63, 3.8) is 0 Å². The van der Waals surface area contributed by atoms with Gasteiger partial charge in [-0.05, 0) is 39.0 Å². The van der Waals surface area contributed by atoms with Gasteiger partial charge in [0.2, 0.25) is 11.9 Å². The fourth-order valence-corrected chi connectivity index (χ4v) is 4.41. The van der Waals surface area contributed by atoms with Crippen LogP contribution in [-0.4, -0.2) is 40.5 Å². The van der Waals surface area contributed by atoms with Crippen molar-refractivity contribution in [3.8, 4) is 0 Å². The van der Waals surface area contributed by atoms with Crippen molar-refractivity contribution in [2.45, 2.75) is 31.7 Å². The minimum atomic E-state index is -4.07. The van der Waals surface area contributed by atoms with Gasteiger partial charge in [0, 0.05) is 11.4 Å². The number of hydrogen-bond acceptors (Lipinski definition) is 6. The molecule has 2 heterocycles. The Morgan fingerprint density at radius 3 is 2.36 bits per heavy atom. The number of rotatable bonds is 3. The summed E-state index contributed by atoms with van der Waals surface area (Å²) >= 11 is 0. The number of carbonyl (C=O) groups excluding carboxylic acids is 2. The molecule has 3 rings (SSSR count). The Labute approximate surface area is 145 Å². The summed E-state index contributed by atoms with van der Waals surface area (Å²) in [6.07, 6.45) is 0.